The Morgan fingerprint density at radius 2 is 1.71 bits per heavy atom. The summed E-state index contributed by atoms with van der Waals surface area (Å²) in [4.78, 5) is 24.9. The lowest BCUT2D eigenvalue weighted by Gasteiger charge is -2.11. The van der Waals surface area contributed by atoms with Gasteiger partial charge in [0.25, 0.3) is 11.8 Å². The summed E-state index contributed by atoms with van der Waals surface area (Å²) < 4.78 is 11.0. The third kappa shape index (κ3) is 8.90. The first-order valence-corrected chi connectivity index (χ1v) is 12.2. The number of nitrogens with one attached hydrogen (secondary N) is 3. The van der Waals surface area contributed by atoms with Crippen molar-refractivity contribution in [1.82, 2.24) is 10.6 Å². The number of rotatable bonds is 12. The molecule has 0 fully saturated rings. The first-order chi connectivity index (χ1) is 17.0. The van der Waals surface area contributed by atoms with Crippen molar-refractivity contribution < 1.29 is 18.7 Å². The molecule has 3 aromatic rings. The Balaban J connectivity index is 1.44. The molecule has 1 aromatic heterocycles. The molecule has 2 amide bonds. The van der Waals surface area contributed by atoms with E-state index in [1.165, 1.54) is 19.3 Å². The number of thiocarbonyl (C=S) groups is 1. The molecule has 7 nitrogen and oxygen atoms in total. The van der Waals surface area contributed by atoms with Crippen LogP contribution in [0.2, 0.25) is 0 Å². The number of amides is 2. The van der Waals surface area contributed by atoms with Crippen LogP contribution in [-0.2, 0) is 6.54 Å². The van der Waals surface area contributed by atoms with Gasteiger partial charge < -0.3 is 19.8 Å². The fourth-order valence-electron chi connectivity index (χ4n) is 3.36. The number of hydrogen-bond donors (Lipinski definition) is 3. The second-order valence-corrected chi connectivity index (χ2v) is 8.45. The molecule has 0 unspecified atom stereocenters. The quantitative estimate of drug-likeness (QED) is 0.222. The van der Waals surface area contributed by atoms with E-state index in [4.69, 9.17) is 21.4 Å². The van der Waals surface area contributed by atoms with Gasteiger partial charge in [-0.25, -0.2) is 0 Å². The Hall–Kier alpha value is -3.65. The molecular weight excluding hydrogens is 462 g/mol. The van der Waals surface area contributed by atoms with E-state index in [0.29, 0.717) is 35.7 Å². The first-order valence-electron chi connectivity index (χ1n) is 11.8. The summed E-state index contributed by atoms with van der Waals surface area (Å²) in [5.41, 5.74) is 1.51. The van der Waals surface area contributed by atoms with E-state index in [-0.39, 0.29) is 16.9 Å². The number of anilines is 1. The smallest absolute Gasteiger partial charge is 0.257 e. The maximum atomic E-state index is 12.5. The van der Waals surface area contributed by atoms with Gasteiger partial charge in [-0.1, -0.05) is 38.7 Å². The molecule has 35 heavy (non-hydrogen) atoms. The lowest BCUT2D eigenvalue weighted by atomic mass is 10.2. The topological polar surface area (TPSA) is 92.6 Å². The van der Waals surface area contributed by atoms with Gasteiger partial charge in [0.15, 0.2) is 5.11 Å². The summed E-state index contributed by atoms with van der Waals surface area (Å²) in [6.45, 7) is 3.16. The molecule has 184 valence electrons. The normalized spacial score (nSPS) is 10.4. The summed E-state index contributed by atoms with van der Waals surface area (Å²) in [7, 11) is 0. The van der Waals surface area contributed by atoms with E-state index >= 15 is 0 Å². The Labute approximate surface area is 211 Å². The molecule has 0 bridgehead atoms. The standard InChI is InChI=1S/C27H31N3O4S/c1-2-3-4-5-6-16-33-23-14-12-20(13-15-23)26(32)30-27(35)29-22-10-7-9-21(18-22)25(31)28-19-24-11-8-17-34-24/h7-15,17-18H,2-6,16,19H2,1H3,(H,28,31)(H2,29,30,32,35). The summed E-state index contributed by atoms with van der Waals surface area (Å²) in [5.74, 6) is 0.822. The summed E-state index contributed by atoms with van der Waals surface area (Å²) >= 11 is 5.27. The van der Waals surface area contributed by atoms with Crippen LogP contribution in [0, 0.1) is 0 Å². The number of benzene rings is 2. The van der Waals surface area contributed by atoms with Gasteiger partial charge in [-0.3, -0.25) is 14.9 Å². The van der Waals surface area contributed by atoms with Crippen LogP contribution in [0.3, 0.4) is 0 Å². The Morgan fingerprint density at radius 3 is 2.46 bits per heavy atom. The summed E-state index contributed by atoms with van der Waals surface area (Å²) in [6.07, 6.45) is 7.45. The van der Waals surface area contributed by atoms with Crippen molar-refractivity contribution in [3.05, 3.63) is 83.8 Å². The van der Waals surface area contributed by atoms with Gasteiger partial charge in [0.05, 0.1) is 19.4 Å². The van der Waals surface area contributed by atoms with Crippen LogP contribution in [0.5, 0.6) is 5.75 Å². The van der Waals surface area contributed by atoms with Crippen molar-refractivity contribution in [2.45, 2.75) is 45.6 Å². The van der Waals surface area contributed by atoms with Crippen LogP contribution in [0.25, 0.3) is 0 Å². The van der Waals surface area contributed by atoms with Gasteiger partial charge >= 0.3 is 0 Å². The van der Waals surface area contributed by atoms with Gasteiger partial charge in [0.2, 0.25) is 0 Å². The van der Waals surface area contributed by atoms with Crippen molar-refractivity contribution in [3.63, 3.8) is 0 Å². The van der Waals surface area contributed by atoms with E-state index in [0.717, 1.165) is 18.6 Å². The van der Waals surface area contributed by atoms with Crippen LogP contribution >= 0.6 is 12.2 Å². The lowest BCUT2D eigenvalue weighted by Crippen LogP contribution is -2.34. The molecule has 8 heteroatoms. The third-order valence-electron chi connectivity index (χ3n) is 5.25. The van der Waals surface area contributed by atoms with Crippen LogP contribution in [-0.4, -0.2) is 23.5 Å². The highest BCUT2D eigenvalue weighted by Gasteiger charge is 2.10. The Kier molecular flexibility index (Phi) is 10.3. The van der Waals surface area contributed by atoms with Gasteiger partial charge in [-0.2, -0.15) is 0 Å². The minimum Gasteiger partial charge on any atom is -0.494 e. The fourth-order valence-corrected chi connectivity index (χ4v) is 3.57. The number of hydrogen-bond acceptors (Lipinski definition) is 5. The number of furan rings is 1. The molecule has 0 aliphatic carbocycles. The Morgan fingerprint density at radius 1 is 0.914 bits per heavy atom. The zero-order chi connectivity index (χ0) is 24.9. The van der Waals surface area contributed by atoms with Crippen molar-refractivity contribution in [3.8, 4) is 5.75 Å². The zero-order valence-corrected chi connectivity index (χ0v) is 20.7. The molecule has 3 N–H and O–H groups in total. The third-order valence-corrected chi connectivity index (χ3v) is 5.45. The average molecular weight is 494 g/mol. The summed E-state index contributed by atoms with van der Waals surface area (Å²) in [5, 5.41) is 8.53. The van der Waals surface area contributed by atoms with Gasteiger partial charge in [0.1, 0.15) is 11.5 Å². The highest BCUT2D eigenvalue weighted by molar-refractivity contribution is 7.80. The van der Waals surface area contributed by atoms with Crippen molar-refractivity contribution in [1.29, 1.82) is 0 Å². The van der Waals surface area contributed by atoms with E-state index in [1.807, 2.05) is 0 Å². The minimum atomic E-state index is -0.332. The number of ether oxygens (including phenoxy) is 1. The molecule has 2 aromatic carbocycles. The fraction of sp³-hybridized carbons (Fsp3) is 0.296. The average Bonchev–Trinajstić information content (AvgIpc) is 3.39. The molecule has 0 atom stereocenters. The van der Waals surface area contributed by atoms with Crippen LogP contribution in [0.1, 0.15) is 65.5 Å². The molecule has 3 rings (SSSR count). The highest BCUT2D eigenvalue weighted by Crippen LogP contribution is 2.14. The summed E-state index contributed by atoms with van der Waals surface area (Å²) in [6, 6.07) is 17.4. The van der Waals surface area contributed by atoms with Gasteiger partial charge in [-0.05, 0) is 73.2 Å². The lowest BCUT2D eigenvalue weighted by molar-refractivity contribution is 0.0946. The van der Waals surface area contributed by atoms with Crippen molar-refractivity contribution in [2.75, 3.05) is 11.9 Å². The highest BCUT2D eigenvalue weighted by atomic mass is 32.1. The molecular formula is C27H31N3O4S. The van der Waals surface area contributed by atoms with Crippen molar-refractivity contribution in [2.24, 2.45) is 0 Å². The zero-order valence-electron chi connectivity index (χ0n) is 19.8. The molecule has 0 saturated carbocycles. The molecule has 0 spiro atoms. The molecule has 0 saturated heterocycles. The molecule has 0 aliphatic rings. The first kappa shape index (κ1) is 26.0. The van der Waals surface area contributed by atoms with Crippen LogP contribution in [0.15, 0.2) is 71.3 Å². The molecule has 0 radical (unpaired) electrons. The minimum absolute atomic E-state index is 0.135. The predicted molar refractivity (Wildman–Crippen MR) is 141 cm³/mol. The monoisotopic (exact) mass is 493 g/mol. The van der Waals surface area contributed by atoms with Crippen LogP contribution in [0.4, 0.5) is 5.69 Å². The van der Waals surface area contributed by atoms with Crippen LogP contribution < -0.4 is 20.7 Å². The second-order valence-electron chi connectivity index (χ2n) is 8.04. The maximum absolute atomic E-state index is 12.5. The van der Waals surface area contributed by atoms with E-state index in [9.17, 15) is 9.59 Å². The Bertz CT molecular complexity index is 1100. The number of unbranched alkanes of at least 4 members (excludes halogenated alkanes) is 4. The van der Waals surface area contributed by atoms with Crippen molar-refractivity contribution >= 4 is 34.8 Å². The van der Waals surface area contributed by atoms with E-state index in [2.05, 4.69) is 22.9 Å². The predicted octanol–water partition coefficient (Wildman–Crippen LogP) is 5.69. The maximum Gasteiger partial charge on any atom is 0.257 e. The van der Waals surface area contributed by atoms with E-state index in [1.54, 1.807) is 66.9 Å². The number of carbonyl (C=O) groups is 2. The second kappa shape index (κ2) is 13.9. The van der Waals surface area contributed by atoms with Gasteiger partial charge in [0, 0.05) is 16.8 Å². The molecule has 0 aliphatic heterocycles. The van der Waals surface area contributed by atoms with Gasteiger partial charge in [-0.15, -0.1) is 0 Å². The largest absolute Gasteiger partial charge is 0.494 e. The molecule has 1 heterocycles. The SMILES string of the molecule is CCCCCCCOc1ccc(C(=O)NC(=S)Nc2cccc(C(=O)NCc3ccco3)c2)cc1. The van der Waals surface area contributed by atoms with E-state index < -0.39 is 0 Å². The number of carbonyl (C=O) groups excluding carboxylic acids is 2.